The van der Waals surface area contributed by atoms with Crippen molar-refractivity contribution in [2.24, 2.45) is 0 Å². The molecule has 1 fully saturated rings. The van der Waals surface area contributed by atoms with Crippen LogP contribution >= 0.6 is 11.3 Å². The number of nitrogens with zero attached hydrogens (tertiary/aromatic N) is 4. The van der Waals surface area contributed by atoms with Crippen molar-refractivity contribution < 1.29 is 13.2 Å². The number of amides is 1. The lowest BCUT2D eigenvalue weighted by Crippen LogP contribution is -2.45. The summed E-state index contributed by atoms with van der Waals surface area (Å²) >= 11 is 1.10. The van der Waals surface area contributed by atoms with E-state index in [1.54, 1.807) is 17.3 Å². The Morgan fingerprint density at radius 2 is 2.27 bits per heavy atom. The zero-order valence-electron chi connectivity index (χ0n) is 16.3. The fraction of sp³-hybridized carbons (Fsp3) is 0.368. The molecule has 0 aromatic carbocycles. The first-order chi connectivity index (χ1) is 14.4. The van der Waals surface area contributed by atoms with Crippen LogP contribution in [0.2, 0.25) is 0 Å². The number of pyridine rings is 1. The van der Waals surface area contributed by atoms with Crippen LogP contribution in [0.15, 0.2) is 28.9 Å². The molecule has 1 unspecified atom stereocenters. The number of anilines is 1. The summed E-state index contributed by atoms with van der Waals surface area (Å²) in [4.78, 5) is 25.7. The summed E-state index contributed by atoms with van der Waals surface area (Å²) in [6.07, 6.45) is 7.57. The summed E-state index contributed by atoms with van der Waals surface area (Å²) in [5.74, 6) is -0.163. The Morgan fingerprint density at radius 3 is 3.00 bits per heavy atom. The van der Waals surface area contributed by atoms with Gasteiger partial charge in [-0.3, -0.25) is 4.79 Å². The number of carbonyl (C=O) groups excluding carboxylic acids is 1. The zero-order valence-corrected chi connectivity index (χ0v) is 17.9. The van der Waals surface area contributed by atoms with Crippen molar-refractivity contribution in [1.29, 1.82) is 5.26 Å². The Labute approximate surface area is 177 Å². The van der Waals surface area contributed by atoms with Crippen LogP contribution < -0.4 is 5.32 Å². The van der Waals surface area contributed by atoms with Crippen molar-refractivity contribution in [3.63, 3.8) is 0 Å². The van der Waals surface area contributed by atoms with Gasteiger partial charge in [0.1, 0.15) is 21.3 Å². The first-order valence-corrected chi connectivity index (χ1v) is 12.1. The van der Waals surface area contributed by atoms with Crippen LogP contribution in [-0.4, -0.2) is 59.6 Å². The molecule has 1 amide bonds. The van der Waals surface area contributed by atoms with Crippen molar-refractivity contribution in [2.75, 3.05) is 24.7 Å². The summed E-state index contributed by atoms with van der Waals surface area (Å²) in [5.41, 5.74) is 2.21. The fourth-order valence-electron chi connectivity index (χ4n) is 3.59. The van der Waals surface area contributed by atoms with Gasteiger partial charge in [0.15, 0.2) is 9.84 Å². The van der Waals surface area contributed by atoms with Gasteiger partial charge in [-0.1, -0.05) is 0 Å². The summed E-state index contributed by atoms with van der Waals surface area (Å²) in [6.45, 7) is 1.15. The van der Waals surface area contributed by atoms with E-state index >= 15 is 0 Å². The van der Waals surface area contributed by atoms with E-state index in [9.17, 15) is 13.2 Å². The predicted molar refractivity (Wildman–Crippen MR) is 114 cm³/mol. The number of hydrogen-bond acceptors (Lipinski definition) is 8. The molecule has 1 atom stereocenters. The Bertz CT molecular complexity index is 1240. The first-order valence-electron chi connectivity index (χ1n) is 9.40. The van der Waals surface area contributed by atoms with Gasteiger partial charge in [-0.25, -0.2) is 18.4 Å². The maximum Gasteiger partial charge on any atom is 0.236 e. The van der Waals surface area contributed by atoms with Gasteiger partial charge in [0.05, 0.1) is 23.5 Å². The molecule has 4 rings (SSSR count). The van der Waals surface area contributed by atoms with E-state index in [1.165, 1.54) is 6.20 Å². The quantitative estimate of drug-likeness (QED) is 0.617. The minimum Gasteiger partial charge on any atom is -0.379 e. The third kappa shape index (κ3) is 4.01. The number of thiazole rings is 1. The highest BCUT2D eigenvalue weighted by molar-refractivity contribution is 7.92. The van der Waals surface area contributed by atoms with Gasteiger partial charge >= 0.3 is 0 Å². The topological polar surface area (TPSA) is 132 Å². The Balaban J connectivity index is 1.69. The number of carbonyl (C=O) groups is 1. The molecule has 0 aliphatic carbocycles. The number of rotatable bonds is 5. The molecule has 0 saturated carbocycles. The van der Waals surface area contributed by atoms with Crippen LogP contribution in [0, 0.1) is 11.3 Å². The lowest BCUT2D eigenvalue weighted by atomic mass is 10.0. The van der Waals surface area contributed by atoms with Crippen molar-refractivity contribution >= 4 is 43.8 Å². The number of hydrogen-bond donors (Lipinski definition) is 2. The SMILES string of the molecule is CS(=O)(=O)c1cnc(-c2cnc3[nH]ccc3c2NC2CCCN(C(=O)CC#N)C2)s1. The highest BCUT2D eigenvalue weighted by atomic mass is 32.2. The molecular formula is C19H20N6O3S2. The summed E-state index contributed by atoms with van der Waals surface area (Å²) in [6, 6.07) is 3.81. The third-order valence-electron chi connectivity index (χ3n) is 5.02. The second-order valence-electron chi connectivity index (χ2n) is 7.20. The average Bonchev–Trinajstić information content (AvgIpc) is 3.38. The molecule has 0 radical (unpaired) electrons. The Morgan fingerprint density at radius 1 is 1.43 bits per heavy atom. The Hall–Kier alpha value is -2.97. The highest BCUT2D eigenvalue weighted by Gasteiger charge is 2.25. The van der Waals surface area contributed by atoms with Crippen LogP contribution in [0.1, 0.15) is 19.3 Å². The molecule has 1 aliphatic rings. The van der Waals surface area contributed by atoms with E-state index in [1.807, 2.05) is 12.1 Å². The number of H-pyrrole nitrogens is 1. The molecular weight excluding hydrogens is 424 g/mol. The minimum absolute atomic E-state index is 0.00465. The van der Waals surface area contributed by atoms with Crippen molar-refractivity contribution in [1.82, 2.24) is 19.9 Å². The van der Waals surface area contributed by atoms with Crippen molar-refractivity contribution in [3.05, 3.63) is 24.7 Å². The molecule has 156 valence electrons. The number of sulfone groups is 1. The number of likely N-dealkylation sites (tertiary alicyclic amines) is 1. The molecule has 1 saturated heterocycles. The van der Waals surface area contributed by atoms with Gasteiger partial charge in [-0.15, -0.1) is 11.3 Å². The fourth-order valence-corrected chi connectivity index (χ4v) is 5.34. The molecule has 1 aliphatic heterocycles. The summed E-state index contributed by atoms with van der Waals surface area (Å²) in [7, 11) is -3.35. The van der Waals surface area contributed by atoms with Gasteiger partial charge in [0, 0.05) is 43.2 Å². The van der Waals surface area contributed by atoms with Crippen LogP contribution in [0.5, 0.6) is 0 Å². The smallest absolute Gasteiger partial charge is 0.236 e. The number of fused-ring (bicyclic) bond motifs is 1. The first kappa shape index (κ1) is 20.3. The van der Waals surface area contributed by atoms with E-state index in [4.69, 9.17) is 5.26 Å². The van der Waals surface area contributed by atoms with Gasteiger partial charge < -0.3 is 15.2 Å². The molecule has 0 bridgehead atoms. The second-order valence-corrected chi connectivity index (χ2v) is 10.5. The van der Waals surface area contributed by atoms with Crippen molar-refractivity contribution in [2.45, 2.75) is 29.5 Å². The van der Waals surface area contributed by atoms with Gasteiger partial charge in [-0.2, -0.15) is 5.26 Å². The maximum absolute atomic E-state index is 12.1. The number of piperidine rings is 1. The Kier molecular flexibility index (Phi) is 5.44. The monoisotopic (exact) mass is 444 g/mol. The van der Waals surface area contributed by atoms with Gasteiger partial charge in [0.25, 0.3) is 0 Å². The average molecular weight is 445 g/mol. The van der Waals surface area contributed by atoms with E-state index in [2.05, 4.69) is 20.3 Å². The number of nitriles is 1. The third-order valence-corrected chi connectivity index (χ3v) is 7.84. The molecule has 11 heteroatoms. The molecule has 9 nitrogen and oxygen atoms in total. The molecule has 0 spiro atoms. The lowest BCUT2D eigenvalue weighted by Gasteiger charge is -2.33. The maximum atomic E-state index is 12.1. The predicted octanol–water partition coefficient (Wildman–Crippen LogP) is 2.41. The molecule has 2 N–H and O–H groups in total. The van der Waals surface area contributed by atoms with Crippen LogP contribution in [0.25, 0.3) is 21.6 Å². The number of aromatic nitrogens is 3. The zero-order chi connectivity index (χ0) is 21.3. The highest BCUT2D eigenvalue weighted by Crippen LogP contribution is 2.37. The standard InChI is InChI=1S/C19H20N6O3S2/c1-30(27,28)16-10-23-19(29-16)14-9-22-18-13(5-7-21-18)17(14)24-12-3-2-8-25(11-12)15(26)4-6-20/h5,7,9-10,12H,2-4,8,11H2,1H3,(H2,21,22,24). The van der Waals surface area contributed by atoms with Gasteiger partial charge in [-0.05, 0) is 18.9 Å². The van der Waals surface area contributed by atoms with E-state index in [0.29, 0.717) is 29.3 Å². The number of nitrogens with one attached hydrogen (secondary N) is 2. The van der Waals surface area contributed by atoms with Crippen LogP contribution in [0.3, 0.4) is 0 Å². The van der Waals surface area contributed by atoms with E-state index < -0.39 is 9.84 Å². The lowest BCUT2D eigenvalue weighted by molar-refractivity contribution is -0.131. The van der Waals surface area contributed by atoms with Gasteiger partial charge in [0.2, 0.25) is 5.91 Å². The summed E-state index contributed by atoms with van der Waals surface area (Å²) < 4.78 is 24.0. The minimum atomic E-state index is -3.35. The molecule has 30 heavy (non-hydrogen) atoms. The van der Waals surface area contributed by atoms with Crippen LogP contribution in [-0.2, 0) is 14.6 Å². The molecule has 3 aromatic heterocycles. The summed E-state index contributed by atoms with van der Waals surface area (Å²) in [5, 5.41) is 13.8. The molecule has 4 heterocycles. The largest absolute Gasteiger partial charge is 0.379 e. The normalized spacial score (nSPS) is 17.1. The van der Waals surface area contributed by atoms with E-state index in [0.717, 1.165) is 41.5 Å². The number of aromatic amines is 1. The second kappa shape index (κ2) is 8.04. The molecule has 3 aromatic rings. The van der Waals surface area contributed by atoms with Crippen molar-refractivity contribution in [3.8, 4) is 16.6 Å². The van der Waals surface area contributed by atoms with E-state index in [-0.39, 0.29) is 22.6 Å². The van der Waals surface area contributed by atoms with Crippen LogP contribution in [0.4, 0.5) is 5.69 Å².